The molecule has 0 atom stereocenters. The molecule has 12 heteroatoms. The largest absolute Gasteiger partial charge is 0.494 e. The van der Waals surface area contributed by atoms with Crippen LogP contribution in [0.4, 0.5) is 23.0 Å². The van der Waals surface area contributed by atoms with Gasteiger partial charge in [0.2, 0.25) is 11.9 Å². The third-order valence-electron chi connectivity index (χ3n) is 6.20. The highest BCUT2D eigenvalue weighted by Crippen LogP contribution is 2.38. The average molecular weight is 551 g/mol. The molecule has 11 nitrogen and oxygen atoms in total. The van der Waals surface area contributed by atoms with E-state index in [2.05, 4.69) is 32.1 Å². The van der Waals surface area contributed by atoms with Gasteiger partial charge in [-0.15, -0.1) is 0 Å². The van der Waals surface area contributed by atoms with Crippen LogP contribution in [0, 0.1) is 0 Å². The first-order chi connectivity index (χ1) is 18.6. The van der Waals surface area contributed by atoms with E-state index in [1.54, 1.807) is 20.2 Å². The summed E-state index contributed by atoms with van der Waals surface area (Å²) in [6.07, 6.45) is 2.63. The summed E-state index contributed by atoms with van der Waals surface area (Å²) in [5, 5.41) is 6.23. The number of para-hydroxylation sites is 2. The molecule has 0 fully saturated rings. The number of imidazole rings is 1. The minimum absolute atomic E-state index is 0.183. The second-order valence-electron chi connectivity index (χ2n) is 9.14. The minimum atomic E-state index is -0.353. The van der Waals surface area contributed by atoms with E-state index < -0.39 is 0 Å². The van der Waals surface area contributed by atoms with Crippen LogP contribution in [0.3, 0.4) is 0 Å². The molecule has 4 aromatic rings. The fraction of sp³-hybridized carbons (Fsp3) is 0.259. The number of anilines is 4. The number of nitrogens with one attached hydrogen (secondary N) is 2. The number of methoxy groups -OCH3 is 1. The number of aryl methyl sites for hydroxylation is 1. The molecule has 1 amide bonds. The topological polar surface area (TPSA) is 110 Å². The predicted molar refractivity (Wildman–Crippen MR) is 156 cm³/mol. The number of carbonyl (C=O) groups is 1. The Kier molecular flexibility index (Phi) is 8.22. The zero-order valence-corrected chi connectivity index (χ0v) is 23.3. The van der Waals surface area contributed by atoms with Crippen LogP contribution in [0.25, 0.3) is 16.9 Å². The summed E-state index contributed by atoms with van der Waals surface area (Å²) >= 11 is 6.47. The van der Waals surface area contributed by atoms with Gasteiger partial charge in [-0.3, -0.25) is 9.36 Å². The van der Waals surface area contributed by atoms with E-state index in [4.69, 9.17) is 16.3 Å². The lowest BCUT2D eigenvalue weighted by molar-refractivity contribution is -0.111. The first-order valence-corrected chi connectivity index (χ1v) is 12.5. The fourth-order valence-electron chi connectivity index (χ4n) is 4.10. The Morgan fingerprint density at radius 1 is 1.15 bits per heavy atom. The van der Waals surface area contributed by atoms with Crippen LogP contribution in [0.2, 0.25) is 5.02 Å². The van der Waals surface area contributed by atoms with Gasteiger partial charge < -0.3 is 25.2 Å². The number of ether oxygens (including phenoxy) is 1. The first-order valence-electron chi connectivity index (χ1n) is 12.1. The Balaban J connectivity index is 1.78. The second-order valence-corrected chi connectivity index (χ2v) is 9.55. The minimum Gasteiger partial charge on any atom is -0.494 e. The Hall–Kier alpha value is -4.35. The monoisotopic (exact) mass is 550 g/mol. The lowest BCUT2D eigenvalue weighted by atomic mass is 10.2. The van der Waals surface area contributed by atoms with E-state index in [0.29, 0.717) is 29.2 Å². The molecule has 2 heterocycles. The number of hydrogen-bond donors (Lipinski definition) is 2. The van der Waals surface area contributed by atoms with Crippen molar-refractivity contribution < 1.29 is 9.53 Å². The quantitative estimate of drug-likeness (QED) is 0.288. The summed E-state index contributed by atoms with van der Waals surface area (Å²) in [4.78, 5) is 38.3. The van der Waals surface area contributed by atoms with Crippen LogP contribution >= 0.6 is 11.6 Å². The molecule has 0 spiro atoms. The van der Waals surface area contributed by atoms with Crippen molar-refractivity contribution in [2.75, 3.05) is 56.9 Å². The van der Waals surface area contributed by atoms with E-state index in [9.17, 15) is 9.59 Å². The van der Waals surface area contributed by atoms with Gasteiger partial charge in [0, 0.05) is 33.3 Å². The van der Waals surface area contributed by atoms with Crippen LogP contribution in [0.1, 0.15) is 0 Å². The van der Waals surface area contributed by atoms with Crippen molar-refractivity contribution in [2.24, 2.45) is 7.05 Å². The Morgan fingerprint density at radius 2 is 1.87 bits per heavy atom. The van der Waals surface area contributed by atoms with Gasteiger partial charge in [0.05, 0.1) is 41.4 Å². The van der Waals surface area contributed by atoms with E-state index in [1.165, 1.54) is 21.4 Å². The van der Waals surface area contributed by atoms with E-state index >= 15 is 0 Å². The summed E-state index contributed by atoms with van der Waals surface area (Å²) < 4.78 is 8.64. The van der Waals surface area contributed by atoms with Gasteiger partial charge >= 0.3 is 5.69 Å². The first kappa shape index (κ1) is 27.7. The molecule has 0 unspecified atom stereocenters. The average Bonchev–Trinajstić information content (AvgIpc) is 3.18. The standard InChI is InChI=1S/C27H31ClN8O3/c1-7-24(37)30-18-14-19(23(39-6)15-22(18)34(4)13-12-33(2)3)31-26-29-16-17(28)25(32-26)36-21-11-9-8-10-20(21)35(5)27(36)38/h7-11,14-16H,1,12-13H2,2-6H3,(H,30,37)(H,29,31,32). The van der Waals surface area contributed by atoms with Crippen molar-refractivity contribution >= 4 is 51.6 Å². The molecular formula is C27H31ClN8O3. The molecule has 2 aromatic heterocycles. The number of fused-ring (bicyclic) bond motifs is 1. The number of halogens is 1. The molecule has 2 aromatic carbocycles. The molecule has 2 N–H and O–H groups in total. The van der Waals surface area contributed by atoms with Crippen LogP contribution in [0.5, 0.6) is 5.75 Å². The van der Waals surface area contributed by atoms with Crippen molar-refractivity contribution in [1.29, 1.82) is 0 Å². The van der Waals surface area contributed by atoms with Gasteiger partial charge in [-0.2, -0.15) is 4.98 Å². The lowest BCUT2D eigenvalue weighted by Gasteiger charge is -2.26. The van der Waals surface area contributed by atoms with Crippen molar-refractivity contribution in [3.05, 3.63) is 70.8 Å². The maximum absolute atomic E-state index is 13.1. The zero-order valence-electron chi connectivity index (χ0n) is 22.5. The molecule has 0 aliphatic heterocycles. The Bertz CT molecular complexity index is 1590. The van der Waals surface area contributed by atoms with Gasteiger partial charge in [-0.25, -0.2) is 14.3 Å². The molecule has 0 bridgehead atoms. The number of hydrogen-bond acceptors (Lipinski definition) is 8. The fourth-order valence-corrected chi connectivity index (χ4v) is 4.27. The number of nitrogens with zero attached hydrogens (tertiary/aromatic N) is 6. The zero-order chi connectivity index (χ0) is 28.3. The van der Waals surface area contributed by atoms with Crippen molar-refractivity contribution in [3.8, 4) is 11.6 Å². The highest BCUT2D eigenvalue weighted by molar-refractivity contribution is 6.32. The number of benzene rings is 2. The van der Waals surface area contributed by atoms with Crippen LogP contribution in [-0.2, 0) is 11.8 Å². The van der Waals surface area contributed by atoms with Gasteiger partial charge in [-0.05, 0) is 38.4 Å². The van der Waals surface area contributed by atoms with Gasteiger partial charge in [-0.1, -0.05) is 30.3 Å². The van der Waals surface area contributed by atoms with Gasteiger partial charge in [0.25, 0.3) is 0 Å². The SMILES string of the molecule is C=CC(=O)Nc1cc(Nc2ncc(Cl)c(-n3c(=O)n(C)c4ccccc43)n2)c(OC)cc1N(C)CCN(C)C. The number of likely N-dealkylation sites (N-methyl/N-ethyl adjacent to an activating group) is 2. The smallest absolute Gasteiger partial charge is 0.334 e. The maximum atomic E-state index is 13.1. The van der Waals surface area contributed by atoms with Crippen molar-refractivity contribution in [2.45, 2.75) is 0 Å². The highest BCUT2D eigenvalue weighted by atomic mass is 35.5. The van der Waals surface area contributed by atoms with Gasteiger partial charge in [0.1, 0.15) is 10.8 Å². The van der Waals surface area contributed by atoms with E-state index in [1.807, 2.05) is 56.4 Å². The lowest BCUT2D eigenvalue weighted by Crippen LogP contribution is -2.29. The highest BCUT2D eigenvalue weighted by Gasteiger charge is 2.19. The summed E-state index contributed by atoms with van der Waals surface area (Å²) in [6, 6.07) is 10.9. The summed E-state index contributed by atoms with van der Waals surface area (Å²) in [5.74, 6) is 0.562. The van der Waals surface area contributed by atoms with E-state index in [0.717, 1.165) is 17.7 Å². The van der Waals surface area contributed by atoms with Crippen LogP contribution < -0.4 is 26.0 Å². The number of aromatic nitrogens is 4. The predicted octanol–water partition coefficient (Wildman–Crippen LogP) is 3.65. The van der Waals surface area contributed by atoms with Crippen LogP contribution in [0.15, 0.2) is 60.0 Å². The van der Waals surface area contributed by atoms with Gasteiger partial charge in [0.15, 0.2) is 5.82 Å². The van der Waals surface area contributed by atoms with Crippen molar-refractivity contribution in [3.63, 3.8) is 0 Å². The molecule has 4 rings (SSSR count). The van der Waals surface area contributed by atoms with E-state index in [-0.39, 0.29) is 28.4 Å². The number of rotatable bonds is 10. The van der Waals surface area contributed by atoms with Crippen LogP contribution in [-0.4, -0.2) is 71.3 Å². The summed E-state index contributed by atoms with van der Waals surface area (Å²) in [6.45, 7) is 5.08. The number of amides is 1. The second kappa shape index (κ2) is 11.6. The molecule has 0 saturated heterocycles. The molecular weight excluding hydrogens is 520 g/mol. The molecule has 0 radical (unpaired) electrons. The molecule has 204 valence electrons. The Morgan fingerprint density at radius 3 is 2.54 bits per heavy atom. The third kappa shape index (κ3) is 5.74. The molecule has 0 aliphatic rings. The summed E-state index contributed by atoms with van der Waals surface area (Å²) in [5.41, 5.74) is 2.91. The van der Waals surface area contributed by atoms with Crippen molar-refractivity contribution in [1.82, 2.24) is 24.0 Å². The molecule has 0 saturated carbocycles. The maximum Gasteiger partial charge on any atom is 0.334 e. The molecule has 0 aliphatic carbocycles. The summed E-state index contributed by atoms with van der Waals surface area (Å²) in [7, 11) is 9.17. The number of carbonyl (C=O) groups excluding carboxylic acids is 1. The third-order valence-corrected chi connectivity index (χ3v) is 6.47. The molecule has 39 heavy (non-hydrogen) atoms. The normalized spacial score (nSPS) is 11.1. The Labute approximate surface area is 231 Å².